The van der Waals surface area contributed by atoms with Crippen molar-refractivity contribution in [2.45, 2.75) is 90.1 Å². The standard InChI is InChI=1S/C18H37NO5S/c1-4-5-9-13-18(2,22)14-11-16-19(25(3,23)24)15-10-7-6-8-12-17(20)21/h22H,4-16H2,1-3H3,(H,20,21). The number of aliphatic hydroxyl groups is 1. The molecule has 0 aromatic rings. The van der Waals surface area contributed by atoms with Crippen LogP contribution in [0.15, 0.2) is 0 Å². The lowest BCUT2D eigenvalue weighted by molar-refractivity contribution is -0.137. The number of hydrogen-bond acceptors (Lipinski definition) is 4. The molecule has 7 heteroatoms. The molecule has 6 nitrogen and oxygen atoms in total. The Morgan fingerprint density at radius 1 is 0.960 bits per heavy atom. The smallest absolute Gasteiger partial charge is 0.303 e. The first-order valence-electron chi connectivity index (χ1n) is 9.48. The van der Waals surface area contributed by atoms with Crippen molar-refractivity contribution in [2.75, 3.05) is 19.3 Å². The van der Waals surface area contributed by atoms with Gasteiger partial charge in [-0.25, -0.2) is 12.7 Å². The van der Waals surface area contributed by atoms with E-state index in [4.69, 9.17) is 5.11 Å². The molecule has 0 bridgehead atoms. The fourth-order valence-corrected chi connectivity index (χ4v) is 3.80. The second kappa shape index (κ2) is 12.7. The summed E-state index contributed by atoms with van der Waals surface area (Å²) in [7, 11) is -3.25. The number of sulfonamides is 1. The van der Waals surface area contributed by atoms with Crippen molar-refractivity contribution < 1.29 is 23.4 Å². The molecule has 0 aromatic heterocycles. The molecule has 0 rings (SSSR count). The monoisotopic (exact) mass is 379 g/mol. The highest BCUT2D eigenvalue weighted by Gasteiger charge is 2.21. The van der Waals surface area contributed by atoms with Crippen molar-refractivity contribution in [2.24, 2.45) is 0 Å². The average Bonchev–Trinajstić information content (AvgIpc) is 2.47. The molecule has 0 saturated heterocycles. The van der Waals surface area contributed by atoms with Gasteiger partial charge in [0.1, 0.15) is 0 Å². The molecule has 0 saturated carbocycles. The van der Waals surface area contributed by atoms with E-state index >= 15 is 0 Å². The molecule has 0 fully saturated rings. The minimum atomic E-state index is -3.25. The van der Waals surface area contributed by atoms with Gasteiger partial charge in [0, 0.05) is 19.5 Å². The lowest BCUT2D eigenvalue weighted by Gasteiger charge is -2.25. The molecule has 1 unspecified atom stereocenters. The van der Waals surface area contributed by atoms with Gasteiger partial charge in [0.05, 0.1) is 11.9 Å². The van der Waals surface area contributed by atoms with Crippen LogP contribution in [0.5, 0.6) is 0 Å². The number of hydrogen-bond donors (Lipinski definition) is 2. The van der Waals surface area contributed by atoms with E-state index in [0.29, 0.717) is 32.4 Å². The van der Waals surface area contributed by atoms with E-state index in [2.05, 4.69) is 6.92 Å². The summed E-state index contributed by atoms with van der Waals surface area (Å²) in [6, 6.07) is 0. The highest BCUT2D eigenvalue weighted by Crippen LogP contribution is 2.21. The third kappa shape index (κ3) is 14.2. The molecule has 0 radical (unpaired) electrons. The lowest BCUT2D eigenvalue weighted by atomic mass is 9.93. The van der Waals surface area contributed by atoms with Crippen LogP contribution in [0.4, 0.5) is 0 Å². The molecule has 0 aliphatic carbocycles. The zero-order valence-corrected chi connectivity index (χ0v) is 17.0. The van der Waals surface area contributed by atoms with Crippen LogP contribution in [-0.4, -0.2) is 53.9 Å². The number of unbranched alkanes of at least 4 members (excludes halogenated alkanes) is 5. The van der Waals surface area contributed by atoms with Gasteiger partial charge in [-0.1, -0.05) is 39.0 Å². The predicted molar refractivity (Wildman–Crippen MR) is 101 cm³/mol. The van der Waals surface area contributed by atoms with Gasteiger partial charge in [-0.05, 0) is 39.0 Å². The first-order valence-corrected chi connectivity index (χ1v) is 11.3. The molecular formula is C18H37NO5S. The van der Waals surface area contributed by atoms with Crippen LogP contribution in [0.1, 0.15) is 84.5 Å². The molecular weight excluding hydrogens is 342 g/mol. The summed E-state index contributed by atoms with van der Waals surface area (Å²) in [5.41, 5.74) is -0.727. The zero-order chi connectivity index (χ0) is 19.3. The van der Waals surface area contributed by atoms with Crippen molar-refractivity contribution >= 4 is 16.0 Å². The largest absolute Gasteiger partial charge is 0.481 e. The Morgan fingerprint density at radius 3 is 2.08 bits per heavy atom. The Bertz CT molecular complexity index is 462. The van der Waals surface area contributed by atoms with Gasteiger partial charge in [-0.15, -0.1) is 0 Å². The first-order chi connectivity index (χ1) is 11.6. The maximum Gasteiger partial charge on any atom is 0.303 e. The maximum absolute atomic E-state index is 11.9. The number of rotatable bonds is 16. The van der Waals surface area contributed by atoms with Crippen molar-refractivity contribution in [1.29, 1.82) is 0 Å². The predicted octanol–water partition coefficient (Wildman–Crippen LogP) is 3.39. The third-order valence-corrected chi connectivity index (χ3v) is 5.76. The fraction of sp³-hybridized carbons (Fsp3) is 0.944. The number of carboxylic acid groups (broad SMARTS) is 1. The zero-order valence-electron chi connectivity index (χ0n) is 16.2. The molecule has 0 aliphatic heterocycles. The van der Waals surface area contributed by atoms with Crippen molar-refractivity contribution in [3.8, 4) is 0 Å². The number of carboxylic acids is 1. The van der Waals surface area contributed by atoms with Crippen LogP contribution < -0.4 is 0 Å². The van der Waals surface area contributed by atoms with E-state index in [9.17, 15) is 18.3 Å². The van der Waals surface area contributed by atoms with Crippen LogP contribution in [-0.2, 0) is 14.8 Å². The minimum absolute atomic E-state index is 0.170. The number of nitrogens with zero attached hydrogens (tertiary/aromatic N) is 1. The van der Waals surface area contributed by atoms with E-state index < -0.39 is 21.6 Å². The van der Waals surface area contributed by atoms with Crippen LogP contribution in [0.2, 0.25) is 0 Å². The van der Waals surface area contributed by atoms with Crippen LogP contribution >= 0.6 is 0 Å². The lowest BCUT2D eigenvalue weighted by Crippen LogP contribution is -2.33. The first kappa shape index (κ1) is 24.3. The molecule has 0 aliphatic rings. The highest BCUT2D eigenvalue weighted by atomic mass is 32.2. The number of carbonyl (C=O) groups is 1. The molecule has 0 aromatic carbocycles. The van der Waals surface area contributed by atoms with Crippen LogP contribution in [0.25, 0.3) is 0 Å². The maximum atomic E-state index is 11.9. The van der Waals surface area contributed by atoms with Crippen LogP contribution in [0, 0.1) is 0 Å². The Morgan fingerprint density at radius 2 is 1.52 bits per heavy atom. The molecule has 25 heavy (non-hydrogen) atoms. The molecule has 0 spiro atoms. The Balaban J connectivity index is 4.14. The minimum Gasteiger partial charge on any atom is -0.481 e. The summed E-state index contributed by atoms with van der Waals surface area (Å²) in [6.07, 6.45) is 9.60. The Labute approximate surface area is 153 Å². The molecule has 0 heterocycles. The van der Waals surface area contributed by atoms with Gasteiger partial charge < -0.3 is 10.2 Å². The second-order valence-electron chi connectivity index (χ2n) is 7.28. The summed E-state index contributed by atoms with van der Waals surface area (Å²) in [6.45, 7) is 4.85. The van der Waals surface area contributed by atoms with Crippen molar-refractivity contribution in [3.05, 3.63) is 0 Å². The molecule has 0 amide bonds. The van der Waals surface area contributed by atoms with Gasteiger partial charge in [-0.3, -0.25) is 4.79 Å². The van der Waals surface area contributed by atoms with Gasteiger partial charge in [-0.2, -0.15) is 0 Å². The number of aliphatic carboxylic acids is 1. The molecule has 1 atom stereocenters. The molecule has 150 valence electrons. The fourth-order valence-electron chi connectivity index (χ4n) is 2.88. The normalized spacial score (nSPS) is 14.6. The summed E-state index contributed by atoms with van der Waals surface area (Å²) >= 11 is 0. The van der Waals surface area contributed by atoms with E-state index in [0.717, 1.165) is 44.9 Å². The third-order valence-electron chi connectivity index (χ3n) is 4.46. The quantitative estimate of drug-likeness (QED) is 0.401. The average molecular weight is 380 g/mol. The summed E-state index contributed by atoms with van der Waals surface area (Å²) in [5.74, 6) is -0.788. The van der Waals surface area contributed by atoms with E-state index in [1.807, 2.05) is 6.92 Å². The Hall–Kier alpha value is -0.660. The van der Waals surface area contributed by atoms with Gasteiger partial charge in [0.2, 0.25) is 10.0 Å². The highest BCUT2D eigenvalue weighted by molar-refractivity contribution is 7.88. The van der Waals surface area contributed by atoms with Crippen molar-refractivity contribution in [1.82, 2.24) is 4.31 Å². The van der Waals surface area contributed by atoms with E-state index in [1.54, 1.807) is 0 Å². The van der Waals surface area contributed by atoms with Gasteiger partial charge in [0.15, 0.2) is 0 Å². The SMILES string of the molecule is CCCCCC(C)(O)CCCN(CCCCCCC(=O)O)S(C)(=O)=O. The van der Waals surface area contributed by atoms with E-state index in [-0.39, 0.29) is 6.42 Å². The summed E-state index contributed by atoms with van der Waals surface area (Å²) in [4.78, 5) is 10.4. The van der Waals surface area contributed by atoms with Gasteiger partial charge >= 0.3 is 5.97 Å². The Kier molecular flexibility index (Phi) is 12.3. The van der Waals surface area contributed by atoms with Crippen LogP contribution in [0.3, 0.4) is 0 Å². The second-order valence-corrected chi connectivity index (χ2v) is 9.26. The van der Waals surface area contributed by atoms with E-state index in [1.165, 1.54) is 10.6 Å². The summed E-state index contributed by atoms with van der Waals surface area (Å²) < 4.78 is 25.3. The van der Waals surface area contributed by atoms with Crippen molar-refractivity contribution in [3.63, 3.8) is 0 Å². The topological polar surface area (TPSA) is 94.9 Å². The summed E-state index contributed by atoms with van der Waals surface area (Å²) in [5, 5.41) is 18.9. The molecule has 2 N–H and O–H groups in total. The van der Waals surface area contributed by atoms with Gasteiger partial charge in [0.25, 0.3) is 0 Å².